The number of rotatable bonds is 7. The summed E-state index contributed by atoms with van der Waals surface area (Å²) in [5, 5.41) is 15.2. The lowest BCUT2D eigenvalue weighted by Crippen LogP contribution is -2.35. The van der Waals surface area contributed by atoms with Crippen LogP contribution in [0.1, 0.15) is 23.5 Å². The van der Waals surface area contributed by atoms with E-state index in [9.17, 15) is 10.1 Å². The molecule has 0 spiro atoms. The number of benzene rings is 1. The molecule has 31 heavy (non-hydrogen) atoms. The van der Waals surface area contributed by atoms with Gasteiger partial charge in [-0.2, -0.15) is 0 Å². The minimum atomic E-state index is -0.410. The van der Waals surface area contributed by atoms with E-state index in [1.165, 1.54) is 12.1 Å². The molecule has 1 aromatic carbocycles. The van der Waals surface area contributed by atoms with E-state index >= 15 is 0 Å². The molecule has 1 aliphatic heterocycles. The van der Waals surface area contributed by atoms with E-state index in [0.29, 0.717) is 16.4 Å². The molecular formula is C22H23N5O3S. The number of likely N-dealkylation sites (N-methyl/N-ethyl adjacent to an activating group) is 1. The van der Waals surface area contributed by atoms with Crippen LogP contribution in [0.3, 0.4) is 0 Å². The van der Waals surface area contributed by atoms with Crippen molar-refractivity contribution in [1.29, 1.82) is 0 Å². The standard InChI is InChI=1S/C22H23N5O3S/c1-25(2)12-13-26-21(20(24-22(26)31)17-8-3-4-11-23-17)19-10-9-18(30-19)15-6-5-7-16(14-15)27(28)29/h3-11,14,20-21H,12-13H2,1-2H3,(H,24,31)/t20-,21+/m0/s1. The first kappa shape index (κ1) is 21.0. The highest BCUT2D eigenvalue weighted by Crippen LogP contribution is 2.40. The Morgan fingerprint density at radius 3 is 2.77 bits per heavy atom. The Morgan fingerprint density at radius 2 is 2.06 bits per heavy atom. The molecule has 1 N–H and O–H groups in total. The Labute approximate surface area is 185 Å². The van der Waals surface area contributed by atoms with Crippen molar-refractivity contribution in [3.05, 3.63) is 82.4 Å². The zero-order valence-corrected chi connectivity index (χ0v) is 18.1. The van der Waals surface area contributed by atoms with E-state index in [-0.39, 0.29) is 17.8 Å². The number of thiocarbonyl (C=S) groups is 1. The number of pyridine rings is 1. The second kappa shape index (κ2) is 8.83. The zero-order valence-electron chi connectivity index (χ0n) is 17.3. The van der Waals surface area contributed by atoms with Gasteiger partial charge in [-0.3, -0.25) is 15.1 Å². The van der Waals surface area contributed by atoms with E-state index in [2.05, 4.69) is 20.1 Å². The van der Waals surface area contributed by atoms with Gasteiger partial charge >= 0.3 is 0 Å². The predicted octanol–water partition coefficient (Wildman–Crippen LogP) is 3.78. The molecule has 8 nitrogen and oxygen atoms in total. The maximum Gasteiger partial charge on any atom is 0.270 e. The highest BCUT2D eigenvalue weighted by atomic mass is 32.1. The van der Waals surface area contributed by atoms with Crippen LogP contribution in [0.5, 0.6) is 0 Å². The SMILES string of the molecule is CN(C)CCN1C(=S)N[C@@H](c2ccccn2)[C@H]1c1ccc(-c2cccc([N+](=O)[O-])c2)o1. The first-order valence-electron chi connectivity index (χ1n) is 9.91. The van der Waals surface area contributed by atoms with Crippen molar-refractivity contribution >= 4 is 23.0 Å². The number of nitro benzene ring substituents is 1. The second-order valence-corrected chi connectivity index (χ2v) is 8.02. The minimum Gasteiger partial charge on any atom is -0.459 e. The topological polar surface area (TPSA) is 87.7 Å². The number of non-ortho nitro benzene ring substituents is 1. The summed E-state index contributed by atoms with van der Waals surface area (Å²) < 4.78 is 6.22. The molecule has 3 aromatic rings. The summed E-state index contributed by atoms with van der Waals surface area (Å²) >= 11 is 5.64. The molecule has 1 saturated heterocycles. The molecule has 0 saturated carbocycles. The van der Waals surface area contributed by atoms with Gasteiger partial charge in [-0.1, -0.05) is 18.2 Å². The number of furan rings is 1. The summed E-state index contributed by atoms with van der Waals surface area (Å²) in [6.07, 6.45) is 1.76. The Morgan fingerprint density at radius 1 is 1.23 bits per heavy atom. The molecule has 160 valence electrons. The maximum atomic E-state index is 11.1. The van der Waals surface area contributed by atoms with Crippen LogP contribution in [-0.4, -0.2) is 52.0 Å². The molecule has 1 aliphatic rings. The first-order chi connectivity index (χ1) is 14.9. The van der Waals surface area contributed by atoms with Gasteiger partial charge in [0.25, 0.3) is 5.69 Å². The third-order valence-corrected chi connectivity index (χ3v) is 5.60. The molecule has 2 aromatic heterocycles. The third-order valence-electron chi connectivity index (χ3n) is 5.25. The zero-order chi connectivity index (χ0) is 22.0. The third kappa shape index (κ3) is 4.42. The summed E-state index contributed by atoms with van der Waals surface area (Å²) in [5.74, 6) is 1.30. The monoisotopic (exact) mass is 437 g/mol. The molecule has 0 amide bonds. The molecule has 3 heterocycles. The van der Waals surface area contributed by atoms with E-state index in [1.807, 2.05) is 44.4 Å². The Hall–Kier alpha value is -3.30. The van der Waals surface area contributed by atoms with Crippen LogP contribution < -0.4 is 5.32 Å². The van der Waals surface area contributed by atoms with Gasteiger partial charge in [0.05, 0.1) is 16.7 Å². The van der Waals surface area contributed by atoms with Crippen LogP contribution in [0, 0.1) is 10.1 Å². The normalized spacial score (nSPS) is 18.4. The number of nitrogens with one attached hydrogen (secondary N) is 1. The molecular weight excluding hydrogens is 414 g/mol. The van der Waals surface area contributed by atoms with Gasteiger partial charge in [-0.15, -0.1) is 0 Å². The van der Waals surface area contributed by atoms with Crippen LogP contribution in [0.2, 0.25) is 0 Å². The van der Waals surface area contributed by atoms with Crippen molar-refractivity contribution in [3.63, 3.8) is 0 Å². The summed E-state index contributed by atoms with van der Waals surface area (Å²) in [6, 6.07) is 15.6. The van der Waals surface area contributed by atoms with Gasteiger partial charge < -0.3 is 19.5 Å². The van der Waals surface area contributed by atoms with E-state index in [1.54, 1.807) is 18.3 Å². The fraction of sp³-hybridized carbons (Fsp3) is 0.273. The Bertz CT molecular complexity index is 1090. The number of nitrogens with zero attached hydrogens (tertiary/aromatic N) is 4. The average Bonchev–Trinajstić information content (AvgIpc) is 3.37. The average molecular weight is 438 g/mol. The smallest absolute Gasteiger partial charge is 0.270 e. The van der Waals surface area contributed by atoms with Crippen LogP contribution in [0.4, 0.5) is 5.69 Å². The molecule has 9 heteroatoms. The number of hydrogen-bond donors (Lipinski definition) is 1. The highest BCUT2D eigenvalue weighted by molar-refractivity contribution is 7.80. The molecule has 0 bridgehead atoms. The summed E-state index contributed by atoms with van der Waals surface area (Å²) in [5.41, 5.74) is 1.55. The number of nitro groups is 1. The van der Waals surface area contributed by atoms with Crippen molar-refractivity contribution in [1.82, 2.24) is 20.1 Å². The van der Waals surface area contributed by atoms with Gasteiger partial charge in [0.1, 0.15) is 17.6 Å². The Balaban J connectivity index is 1.70. The first-order valence-corrected chi connectivity index (χ1v) is 10.3. The largest absolute Gasteiger partial charge is 0.459 e. The second-order valence-electron chi connectivity index (χ2n) is 7.63. The van der Waals surface area contributed by atoms with E-state index in [0.717, 1.165) is 24.5 Å². The summed E-state index contributed by atoms with van der Waals surface area (Å²) in [7, 11) is 4.04. The lowest BCUT2D eigenvalue weighted by Gasteiger charge is -2.27. The fourth-order valence-electron chi connectivity index (χ4n) is 3.70. The van der Waals surface area contributed by atoms with E-state index < -0.39 is 4.92 Å². The summed E-state index contributed by atoms with van der Waals surface area (Å²) in [6.45, 7) is 1.55. The molecule has 0 radical (unpaired) electrons. The quantitative estimate of drug-likeness (QED) is 0.339. The highest BCUT2D eigenvalue weighted by Gasteiger charge is 2.41. The van der Waals surface area contributed by atoms with Crippen molar-refractivity contribution in [3.8, 4) is 11.3 Å². The Kier molecular flexibility index (Phi) is 5.97. The van der Waals surface area contributed by atoms with Gasteiger partial charge in [0.2, 0.25) is 0 Å². The molecule has 1 fully saturated rings. The fourth-order valence-corrected chi connectivity index (χ4v) is 4.03. The van der Waals surface area contributed by atoms with E-state index in [4.69, 9.17) is 16.6 Å². The van der Waals surface area contributed by atoms with Crippen molar-refractivity contribution < 1.29 is 9.34 Å². The van der Waals surface area contributed by atoms with Gasteiger partial charge in [0.15, 0.2) is 5.11 Å². The minimum absolute atomic E-state index is 0.0260. The molecule has 0 unspecified atom stereocenters. The van der Waals surface area contributed by atoms with Crippen LogP contribution in [0.15, 0.2) is 65.2 Å². The van der Waals surface area contributed by atoms with Crippen molar-refractivity contribution in [2.45, 2.75) is 12.1 Å². The van der Waals surface area contributed by atoms with Crippen LogP contribution in [-0.2, 0) is 0 Å². The molecule has 0 aliphatic carbocycles. The van der Waals surface area contributed by atoms with Crippen LogP contribution >= 0.6 is 12.2 Å². The lowest BCUT2D eigenvalue weighted by atomic mass is 10.0. The van der Waals surface area contributed by atoms with Crippen molar-refractivity contribution in [2.24, 2.45) is 0 Å². The molecule has 4 rings (SSSR count). The predicted molar refractivity (Wildman–Crippen MR) is 122 cm³/mol. The van der Waals surface area contributed by atoms with Crippen LogP contribution in [0.25, 0.3) is 11.3 Å². The van der Waals surface area contributed by atoms with Gasteiger partial charge in [0, 0.05) is 37.0 Å². The lowest BCUT2D eigenvalue weighted by molar-refractivity contribution is -0.384. The van der Waals surface area contributed by atoms with Gasteiger partial charge in [-0.05, 0) is 50.6 Å². The number of aromatic nitrogens is 1. The number of hydrogen-bond acceptors (Lipinski definition) is 6. The van der Waals surface area contributed by atoms with Crippen molar-refractivity contribution in [2.75, 3.05) is 27.2 Å². The maximum absolute atomic E-state index is 11.1. The summed E-state index contributed by atoms with van der Waals surface area (Å²) in [4.78, 5) is 19.5. The molecule has 2 atom stereocenters. The van der Waals surface area contributed by atoms with Gasteiger partial charge in [-0.25, -0.2) is 0 Å².